The highest BCUT2D eigenvalue weighted by atomic mass is 32.2. The quantitative estimate of drug-likeness (QED) is 0.216. The summed E-state index contributed by atoms with van der Waals surface area (Å²) in [6, 6.07) is -0.976. The Balaban J connectivity index is 1.55. The van der Waals surface area contributed by atoms with Crippen molar-refractivity contribution in [1.82, 2.24) is 15.2 Å². The molecular weight excluding hydrogens is 474 g/mol. The molecule has 172 valence electrons. The summed E-state index contributed by atoms with van der Waals surface area (Å²) in [5.41, 5.74) is 6.11. The lowest BCUT2D eigenvalue weighted by atomic mass is 10.0. The number of hydrogen-bond donors (Lipinski definition) is 3. The fourth-order valence-corrected chi connectivity index (χ4v) is 5.24. The number of thiazole rings is 1. The van der Waals surface area contributed by atoms with Crippen LogP contribution >= 0.6 is 23.1 Å². The van der Waals surface area contributed by atoms with Gasteiger partial charge in [0.15, 0.2) is 10.8 Å². The van der Waals surface area contributed by atoms with Crippen molar-refractivity contribution < 1.29 is 33.9 Å². The number of cyclic esters (lactones) is 1. The Hall–Kier alpha value is -3.65. The first-order valence-electron chi connectivity index (χ1n) is 9.38. The number of carboxylic acid groups (broad SMARTS) is 1. The highest BCUT2D eigenvalue weighted by Crippen LogP contribution is 2.41. The Kier molecular flexibility index (Phi) is 5.95. The van der Waals surface area contributed by atoms with Gasteiger partial charge in [-0.1, -0.05) is 5.16 Å². The van der Waals surface area contributed by atoms with Crippen LogP contribution in [0, 0.1) is 0 Å². The normalized spacial score (nSPS) is 23.7. The van der Waals surface area contributed by atoms with Gasteiger partial charge < -0.3 is 25.7 Å². The van der Waals surface area contributed by atoms with Crippen LogP contribution in [0.1, 0.15) is 12.6 Å². The minimum absolute atomic E-state index is 0.165. The number of ether oxygens (including phenoxy) is 1. The van der Waals surface area contributed by atoms with E-state index in [1.165, 1.54) is 36.4 Å². The molecular formula is C19H17N5O7S2. The van der Waals surface area contributed by atoms with Crippen molar-refractivity contribution in [3.05, 3.63) is 45.8 Å². The van der Waals surface area contributed by atoms with E-state index in [1.54, 1.807) is 6.92 Å². The molecule has 14 heteroatoms. The first-order chi connectivity index (χ1) is 15.7. The average molecular weight is 492 g/mol. The third kappa shape index (κ3) is 4.09. The van der Waals surface area contributed by atoms with E-state index >= 15 is 0 Å². The summed E-state index contributed by atoms with van der Waals surface area (Å²) in [6.07, 6.45) is 2.92. The Labute approximate surface area is 194 Å². The zero-order chi connectivity index (χ0) is 23.9. The number of β-lactam (4-membered cyclic amide) rings is 1. The number of carbonyl (C=O) groups is 4. The Morgan fingerprint density at radius 1 is 1.45 bits per heavy atom. The summed E-state index contributed by atoms with van der Waals surface area (Å²) in [5, 5.41) is 17.1. The number of nitrogens with zero attached hydrogens (tertiary/aromatic N) is 3. The molecule has 3 aliphatic rings. The van der Waals surface area contributed by atoms with Gasteiger partial charge in [-0.2, -0.15) is 0 Å². The first-order valence-corrected chi connectivity index (χ1v) is 11.3. The predicted molar refractivity (Wildman–Crippen MR) is 118 cm³/mol. The molecule has 3 aliphatic heterocycles. The lowest BCUT2D eigenvalue weighted by Crippen LogP contribution is -2.71. The minimum atomic E-state index is -1.31. The summed E-state index contributed by atoms with van der Waals surface area (Å²) >= 11 is 2.37. The van der Waals surface area contributed by atoms with Gasteiger partial charge in [0, 0.05) is 16.7 Å². The number of thioether (sulfide) groups is 1. The van der Waals surface area contributed by atoms with Crippen LogP contribution in [0.15, 0.2) is 45.3 Å². The standard InChI is InChI=1S/C19H17N5O7S2/c1-7-3-9(31-18(7)29)4-8-5-32-16-12(15(26)24(16)13(8)17(27)28)22-14(25)11(23-30-2)10-6-33-19(20)21-10/h3-4,6,12,16H,5H2,1-2H3,(H2,20,21)(H,22,25)(H,27,28)/b9-4+,23-11-/t12-,16+/m1/s1. The molecule has 2 amide bonds. The van der Waals surface area contributed by atoms with Gasteiger partial charge in [-0.25, -0.2) is 14.6 Å². The number of allylic oxidation sites excluding steroid dienone is 2. The molecule has 1 saturated heterocycles. The van der Waals surface area contributed by atoms with Crippen LogP contribution in [-0.2, 0) is 28.8 Å². The largest absolute Gasteiger partial charge is 0.477 e. The van der Waals surface area contributed by atoms with Crippen molar-refractivity contribution in [2.75, 3.05) is 18.6 Å². The number of nitrogens with two attached hydrogens (primary N) is 1. The molecule has 33 heavy (non-hydrogen) atoms. The fourth-order valence-electron chi connectivity index (χ4n) is 3.39. The van der Waals surface area contributed by atoms with Gasteiger partial charge in [-0.3, -0.25) is 14.5 Å². The van der Waals surface area contributed by atoms with Crippen molar-refractivity contribution in [3.63, 3.8) is 0 Å². The molecule has 1 aromatic heterocycles. The lowest BCUT2D eigenvalue weighted by Gasteiger charge is -2.49. The van der Waals surface area contributed by atoms with E-state index in [0.29, 0.717) is 11.1 Å². The van der Waals surface area contributed by atoms with Gasteiger partial charge >= 0.3 is 11.9 Å². The van der Waals surface area contributed by atoms with E-state index in [1.807, 2.05) is 0 Å². The van der Waals surface area contributed by atoms with Gasteiger partial charge in [0.05, 0.1) is 0 Å². The molecule has 0 bridgehead atoms. The summed E-state index contributed by atoms with van der Waals surface area (Å²) < 4.78 is 5.07. The van der Waals surface area contributed by atoms with Gasteiger partial charge in [-0.15, -0.1) is 23.1 Å². The van der Waals surface area contributed by atoms with Crippen LogP contribution in [0.4, 0.5) is 5.13 Å². The van der Waals surface area contributed by atoms with Gasteiger partial charge in [-0.05, 0) is 24.6 Å². The maximum Gasteiger partial charge on any atom is 0.352 e. The monoisotopic (exact) mass is 491 g/mol. The Bertz CT molecular complexity index is 1200. The van der Waals surface area contributed by atoms with Gasteiger partial charge in [0.25, 0.3) is 11.8 Å². The highest BCUT2D eigenvalue weighted by molar-refractivity contribution is 8.00. The summed E-state index contributed by atoms with van der Waals surface area (Å²) in [7, 11) is 1.26. The molecule has 1 fully saturated rings. The molecule has 4 heterocycles. The topological polar surface area (TPSA) is 174 Å². The molecule has 4 rings (SSSR count). The molecule has 2 atom stereocenters. The lowest BCUT2D eigenvalue weighted by molar-refractivity contribution is -0.150. The zero-order valence-electron chi connectivity index (χ0n) is 17.2. The van der Waals surface area contributed by atoms with Gasteiger partial charge in [0.2, 0.25) is 0 Å². The third-order valence-corrected chi connectivity index (χ3v) is 6.83. The number of rotatable bonds is 6. The van der Waals surface area contributed by atoms with E-state index in [2.05, 4.69) is 15.5 Å². The molecule has 0 radical (unpaired) electrons. The van der Waals surface area contributed by atoms with Gasteiger partial charge in [0.1, 0.15) is 35.7 Å². The predicted octanol–water partition coefficient (Wildman–Crippen LogP) is 0.201. The highest BCUT2D eigenvalue weighted by Gasteiger charge is 2.54. The van der Waals surface area contributed by atoms with Crippen LogP contribution in [0.5, 0.6) is 0 Å². The number of hydrogen-bond acceptors (Lipinski definition) is 11. The number of nitrogen functional groups attached to an aromatic ring is 1. The van der Waals surface area contributed by atoms with E-state index < -0.39 is 35.2 Å². The van der Waals surface area contributed by atoms with Crippen molar-refractivity contribution in [1.29, 1.82) is 0 Å². The molecule has 0 saturated carbocycles. The SMILES string of the molecule is CO/N=C(\C(=O)N[C@@H]1C(=O)N2C(C(=O)O)=C(/C=C3\C=C(C)C(=O)O3)CS[C@@H]12)c1csc(N)n1. The second kappa shape index (κ2) is 8.71. The maximum atomic E-state index is 12.8. The van der Waals surface area contributed by atoms with Crippen molar-refractivity contribution >= 4 is 57.7 Å². The third-order valence-electron chi connectivity index (χ3n) is 4.86. The van der Waals surface area contributed by atoms with Crippen LogP contribution in [0.3, 0.4) is 0 Å². The summed E-state index contributed by atoms with van der Waals surface area (Å²) in [6.45, 7) is 1.58. The summed E-state index contributed by atoms with van der Waals surface area (Å²) in [5.74, 6) is -2.72. The van der Waals surface area contributed by atoms with Crippen LogP contribution in [0.25, 0.3) is 0 Å². The molecule has 1 aromatic rings. The fraction of sp³-hybridized carbons (Fsp3) is 0.263. The smallest absolute Gasteiger partial charge is 0.352 e. The van der Waals surface area contributed by atoms with E-state index in [-0.39, 0.29) is 33.7 Å². The number of esters is 1. The molecule has 0 unspecified atom stereocenters. The molecule has 0 aromatic carbocycles. The molecule has 4 N–H and O–H groups in total. The number of carbonyl (C=O) groups excluding carboxylic acids is 3. The molecule has 0 aliphatic carbocycles. The zero-order valence-corrected chi connectivity index (χ0v) is 18.9. The molecule has 12 nitrogen and oxygen atoms in total. The van der Waals surface area contributed by atoms with Crippen LogP contribution < -0.4 is 11.1 Å². The van der Waals surface area contributed by atoms with E-state index in [9.17, 15) is 24.3 Å². The average Bonchev–Trinajstić information content (AvgIpc) is 3.33. The Morgan fingerprint density at radius 2 is 2.21 bits per heavy atom. The number of amides is 2. The van der Waals surface area contributed by atoms with Crippen molar-refractivity contribution in [2.24, 2.45) is 5.16 Å². The number of aromatic nitrogens is 1. The second-order valence-electron chi connectivity index (χ2n) is 7.00. The second-order valence-corrected chi connectivity index (χ2v) is 8.99. The van der Waals surface area contributed by atoms with Crippen LogP contribution in [-0.4, -0.2) is 68.7 Å². The van der Waals surface area contributed by atoms with Crippen molar-refractivity contribution in [2.45, 2.75) is 18.3 Å². The van der Waals surface area contributed by atoms with E-state index in [0.717, 1.165) is 16.2 Å². The molecule has 0 spiro atoms. The number of fused-ring (bicyclic) bond motifs is 1. The first kappa shape index (κ1) is 22.5. The number of carboxylic acids is 1. The van der Waals surface area contributed by atoms with Crippen LogP contribution in [0.2, 0.25) is 0 Å². The minimum Gasteiger partial charge on any atom is -0.477 e. The number of anilines is 1. The maximum absolute atomic E-state index is 12.8. The number of nitrogens with one attached hydrogen (secondary N) is 1. The number of oxime groups is 1. The Morgan fingerprint density at radius 3 is 2.79 bits per heavy atom. The van der Waals surface area contributed by atoms with Crippen molar-refractivity contribution in [3.8, 4) is 0 Å². The summed E-state index contributed by atoms with van der Waals surface area (Å²) in [4.78, 5) is 58.9. The number of aliphatic carboxylic acids is 1. The van der Waals surface area contributed by atoms with E-state index in [4.69, 9.17) is 15.3 Å².